The van der Waals surface area contributed by atoms with Crippen molar-refractivity contribution in [3.63, 3.8) is 0 Å². The van der Waals surface area contributed by atoms with Crippen molar-refractivity contribution in [2.24, 2.45) is 0 Å². The summed E-state index contributed by atoms with van der Waals surface area (Å²) >= 11 is 0. The maximum atomic E-state index is 11.8. The molecule has 0 aliphatic heterocycles. The minimum Gasteiger partial charge on any atom is -0.465 e. The predicted molar refractivity (Wildman–Crippen MR) is 76.5 cm³/mol. The fourth-order valence-electron chi connectivity index (χ4n) is 1.69. The Hall–Kier alpha value is -2.04. The molecule has 2 N–H and O–H groups in total. The number of hydrogen-bond donors (Lipinski definition) is 2. The number of nitrogens with zero attached hydrogens (tertiary/aromatic N) is 1. The van der Waals surface area contributed by atoms with Gasteiger partial charge in [0, 0.05) is 12.1 Å². The third kappa shape index (κ3) is 5.06. The Morgan fingerprint density at radius 3 is 2.36 bits per heavy atom. The van der Waals surface area contributed by atoms with Gasteiger partial charge in [0.2, 0.25) is 10.0 Å². The molecule has 1 aromatic carbocycles. The molecule has 1 aromatic rings. The van der Waals surface area contributed by atoms with Crippen molar-refractivity contribution in [3.05, 3.63) is 39.9 Å². The van der Waals surface area contributed by atoms with Gasteiger partial charge in [0.05, 0.1) is 17.8 Å². The van der Waals surface area contributed by atoms with Crippen LogP contribution in [0.2, 0.25) is 0 Å². The van der Waals surface area contributed by atoms with Gasteiger partial charge in [0.1, 0.15) is 12.1 Å². The summed E-state index contributed by atoms with van der Waals surface area (Å²) in [5.41, 5.74) is -0.0560. The van der Waals surface area contributed by atoms with E-state index < -0.39 is 33.1 Å². The second-order valence-corrected chi connectivity index (χ2v) is 6.19. The van der Waals surface area contributed by atoms with E-state index in [4.69, 9.17) is 4.74 Å². The van der Waals surface area contributed by atoms with Crippen LogP contribution in [0.15, 0.2) is 24.3 Å². The number of esters is 1. The zero-order chi connectivity index (χ0) is 16.9. The average molecular weight is 332 g/mol. The van der Waals surface area contributed by atoms with Crippen molar-refractivity contribution >= 4 is 21.7 Å². The summed E-state index contributed by atoms with van der Waals surface area (Å²) < 4.78 is 29.3. The fraction of sp³-hybridized carbons (Fsp3) is 0.417. The summed E-state index contributed by atoms with van der Waals surface area (Å²) in [6, 6.07) is 3.21. The third-order valence-corrected chi connectivity index (χ3v) is 3.32. The molecule has 0 aliphatic carbocycles. The van der Waals surface area contributed by atoms with Crippen LogP contribution in [0, 0.1) is 10.1 Å². The zero-order valence-electron chi connectivity index (χ0n) is 11.9. The normalized spacial score (nSPS) is 14.1. The van der Waals surface area contributed by atoms with Crippen LogP contribution in [0.3, 0.4) is 0 Å². The molecule has 0 saturated heterocycles. The van der Waals surface area contributed by atoms with Crippen LogP contribution in [0.1, 0.15) is 18.6 Å². The highest BCUT2D eigenvalue weighted by molar-refractivity contribution is 7.88. The molecule has 0 saturated carbocycles. The van der Waals surface area contributed by atoms with E-state index >= 15 is 0 Å². The maximum absolute atomic E-state index is 11.8. The van der Waals surface area contributed by atoms with Crippen molar-refractivity contribution in [1.82, 2.24) is 4.72 Å². The number of non-ortho nitro benzene ring substituents is 1. The minimum atomic E-state index is -3.78. The van der Waals surface area contributed by atoms with Crippen molar-refractivity contribution in [3.8, 4) is 0 Å². The molecule has 1 rings (SSSR count). The van der Waals surface area contributed by atoms with Crippen LogP contribution in [0.5, 0.6) is 0 Å². The van der Waals surface area contributed by atoms with Crippen LogP contribution < -0.4 is 4.72 Å². The van der Waals surface area contributed by atoms with Crippen molar-refractivity contribution < 1.29 is 28.0 Å². The van der Waals surface area contributed by atoms with E-state index in [2.05, 4.69) is 0 Å². The van der Waals surface area contributed by atoms with E-state index in [9.17, 15) is 28.4 Å². The van der Waals surface area contributed by atoms with Crippen LogP contribution >= 0.6 is 0 Å². The van der Waals surface area contributed by atoms with Crippen LogP contribution in [-0.4, -0.2) is 43.3 Å². The molecular weight excluding hydrogens is 316 g/mol. The highest BCUT2D eigenvalue weighted by Crippen LogP contribution is 2.21. The third-order valence-electron chi connectivity index (χ3n) is 2.64. The Kier molecular flexibility index (Phi) is 5.97. The number of benzene rings is 1. The molecule has 122 valence electrons. The van der Waals surface area contributed by atoms with Crippen molar-refractivity contribution in [1.29, 1.82) is 0 Å². The second kappa shape index (κ2) is 7.29. The Morgan fingerprint density at radius 2 is 1.95 bits per heavy atom. The van der Waals surface area contributed by atoms with Gasteiger partial charge in [-0.1, -0.05) is 0 Å². The van der Waals surface area contributed by atoms with Gasteiger partial charge in [-0.25, -0.2) is 8.42 Å². The van der Waals surface area contributed by atoms with Gasteiger partial charge in [-0.3, -0.25) is 14.9 Å². The van der Waals surface area contributed by atoms with E-state index in [0.717, 1.165) is 18.4 Å². The van der Waals surface area contributed by atoms with E-state index in [1.54, 1.807) is 0 Å². The smallest absolute Gasteiger partial charge is 0.327 e. The summed E-state index contributed by atoms with van der Waals surface area (Å²) in [4.78, 5) is 21.8. The molecule has 0 aromatic heterocycles. The molecule has 0 unspecified atom stereocenters. The summed E-state index contributed by atoms with van der Waals surface area (Å²) in [5.74, 6) is -0.946. The summed E-state index contributed by atoms with van der Waals surface area (Å²) in [5, 5.41) is 20.7. The molecule has 0 bridgehead atoms. The quantitative estimate of drug-likeness (QED) is 0.411. The van der Waals surface area contributed by atoms with Gasteiger partial charge in [0.25, 0.3) is 5.69 Å². The minimum absolute atomic E-state index is 0.00770. The molecule has 10 heteroatoms. The lowest BCUT2D eigenvalue weighted by Crippen LogP contribution is -2.45. The largest absolute Gasteiger partial charge is 0.465 e. The van der Waals surface area contributed by atoms with Gasteiger partial charge >= 0.3 is 5.97 Å². The van der Waals surface area contributed by atoms with Gasteiger partial charge in [-0.15, -0.1) is 0 Å². The second-order valence-electron chi connectivity index (χ2n) is 4.41. The number of ether oxygens (including phenoxy) is 1. The Balaban J connectivity index is 3.06. The number of carbonyl (C=O) groups excluding carboxylic acids is 1. The molecule has 0 fully saturated rings. The number of carbonyl (C=O) groups is 1. The lowest BCUT2D eigenvalue weighted by Gasteiger charge is -2.21. The zero-order valence-corrected chi connectivity index (χ0v) is 12.7. The van der Waals surface area contributed by atoms with Gasteiger partial charge in [-0.05, 0) is 24.6 Å². The molecule has 0 spiro atoms. The highest BCUT2D eigenvalue weighted by atomic mass is 32.2. The van der Waals surface area contributed by atoms with E-state index in [1.165, 1.54) is 19.1 Å². The number of aliphatic hydroxyl groups excluding tert-OH is 1. The van der Waals surface area contributed by atoms with E-state index in [1.807, 2.05) is 4.72 Å². The molecule has 22 heavy (non-hydrogen) atoms. The van der Waals surface area contributed by atoms with Gasteiger partial charge in [0.15, 0.2) is 0 Å². The Bertz CT molecular complexity index is 642. The molecule has 0 aliphatic rings. The first kappa shape index (κ1) is 18.0. The van der Waals surface area contributed by atoms with Crippen molar-refractivity contribution in [2.45, 2.75) is 19.1 Å². The first-order chi connectivity index (χ1) is 10.2. The van der Waals surface area contributed by atoms with E-state index in [-0.39, 0.29) is 17.9 Å². The number of nitro benzene ring substituents is 1. The molecule has 0 heterocycles. The number of sulfonamides is 1. The fourth-order valence-corrected chi connectivity index (χ4v) is 2.38. The first-order valence-corrected chi connectivity index (χ1v) is 8.11. The first-order valence-electron chi connectivity index (χ1n) is 6.22. The predicted octanol–water partition coefficient (Wildman–Crippen LogP) is 0.109. The molecular formula is C12H16N2O7S. The summed E-state index contributed by atoms with van der Waals surface area (Å²) in [6.45, 7) is 1.54. The highest BCUT2D eigenvalue weighted by Gasteiger charge is 2.32. The lowest BCUT2D eigenvalue weighted by molar-refractivity contribution is -0.384. The monoisotopic (exact) mass is 332 g/mol. The topological polar surface area (TPSA) is 136 Å². The number of aliphatic hydroxyl groups is 1. The standard InChI is InChI=1S/C12H16N2O7S/c1-3-21-12(16)10(13-22(2,19)20)11(15)8-4-6-9(7-5-8)14(17)18/h4-7,10-11,13,15H,3H2,1-2H3/t10-,11-/m1/s1. The summed E-state index contributed by atoms with van der Waals surface area (Å²) in [6.07, 6.45) is -0.712. The summed E-state index contributed by atoms with van der Waals surface area (Å²) in [7, 11) is -3.78. The van der Waals surface area contributed by atoms with Crippen LogP contribution in [0.4, 0.5) is 5.69 Å². The molecule has 0 radical (unpaired) electrons. The van der Waals surface area contributed by atoms with Crippen LogP contribution in [-0.2, 0) is 19.6 Å². The molecule has 2 atom stereocenters. The van der Waals surface area contributed by atoms with E-state index in [0.29, 0.717) is 0 Å². The maximum Gasteiger partial charge on any atom is 0.327 e. The number of rotatable bonds is 7. The van der Waals surface area contributed by atoms with Gasteiger partial charge in [-0.2, -0.15) is 4.72 Å². The van der Waals surface area contributed by atoms with Crippen molar-refractivity contribution in [2.75, 3.05) is 12.9 Å². The SMILES string of the molecule is CCOC(=O)[C@H](NS(C)(=O)=O)[C@H](O)c1ccc([N+](=O)[O-])cc1. The van der Waals surface area contributed by atoms with Gasteiger partial charge < -0.3 is 9.84 Å². The Labute approximate surface area is 127 Å². The number of nitrogens with one attached hydrogen (secondary N) is 1. The number of nitro groups is 1. The number of hydrogen-bond acceptors (Lipinski definition) is 7. The average Bonchev–Trinajstić information content (AvgIpc) is 2.43. The molecule has 0 amide bonds. The Morgan fingerprint density at radius 1 is 1.41 bits per heavy atom. The van der Waals surface area contributed by atoms with Crippen LogP contribution in [0.25, 0.3) is 0 Å². The molecule has 9 nitrogen and oxygen atoms in total. The lowest BCUT2D eigenvalue weighted by atomic mass is 10.0.